The lowest BCUT2D eigenvalue weighted by molar-refractivity contribution is 0.412. The maximum atomic E-state index is 3.59. The molecule has 2 rings (SSSR count). The summed E-state index contributed by atoms with van der Waals surface area (Å²) in [5, 5.41) is 3.59. The molecule has 0 unspecified atom stereocenters. The van der Waals surface area contributed by atoms with Gasteiger partial charge in [-0.1, -0.05) is 12.1 Å². The van der Waals surface area contributed by atoms with Crippen molar-refractivity contribution in [2.75, 3.05) is 6.54 Å². The minimum Gasteiger partial charge on any atom is -0.311 e. The second-order valence-electron chi connectivity index (χ2n) is 4.39. The molecule has 1 aromatic carbocycles. The number of halogens is 1. The van der Waals surface area contributed by atoms with E-state index < -0.39 is 0 Å². The van der Waals surface area contributed by atoms with Crippen molar-refractivity contribution in [2.45, 2.75) is 31.7 Å². The molecule has 76 valence electrons. The molecular formula is C12H16IN. The summed E-state index contributed by atoms with van der Waals surface area (Å²) in [5.74, 6) is 0. The minimum atomic E-state index is 0.340. The third kappa shape index (κ3) is 2.48. The van der Waals surface area contributed by atoms with Crippen LogP contribution in [0.3, 0.4) is 0 Å². The molecule has 0 radical (unpaired) electrons. The van der Waals surface area contributed by atoms with Crippen LogP contribution >= 0.6 is 22.6 Å². The summed E-state index contributed by atoms with van der Waals surface area (Å²) in [4.78, 5) is 0. The van der Waals surface area contributed by atoms with Crippen LogP contribution in [-0.4, -0.2) is 12.1 Å². The van der Waals surface area contributed by atoms with Crippen molar-refractivity contribution in [3.63, 3.8) is 0 Å². The van der Waals surface area contributed by atoms with E-state index in [1.807, 2.05) is 0 Å². The molecule has 1 aliphatic rings. The number of hydrogen-bond donors (Lipinski definition) is 1. The zero-order chi connectivity index (χ0) is 10.0. The van der Waals surface area contributed by atoms with Gasteiger partial charge in [0.2, 0.25) is 0 Å². The Hall–Kier alpha value is -0.0900. The predicted octanol–water partition coefficient (Wildman–Crippen LogP) is 2.98. The van der Waals surface area contributed by atoms with Gasteiger partial charge in [-0.2, -0.15) is 0 Å². The lowest BCUT2D eigenvalue weighted by atomic mass is 9.91. The monoisotopic (exact) mass is 301 g/mol. The van der Waals surface area contributed by atoms with E-state index in [-0.39, 0.29) is 0 Å². The molecule has 1 fully saturated rings. The number of benzene rings is 1. The SMILES string of the molecule is C[C@@]1(Cc2ccc(I)cc2)CCCN1. The van der Waals surface area contributed by atoms with Crippen LogP contribution in [-0.2, 0) is 6.42 Å². The fraction of sp³-hybridized carbons (Fsp3) is 0.500. The van der Waals surface area contributed by atoms with Crippen molar-refractivity contribution in [1.82, 2.24) is 5.32 Å². The molecule has 0 saturated carbocycles. The highest BCUT2D eigenvalue weighted by Gasteiger charge is 2.27. The highest BCUT2D eigenvalue weighted by molar-refractivity contribution is 14.1. The second kappa shape index (κ2) is 4.19. The van der Waals surface area contributed by atoms with Crippen LogP contribution in [0.5, 0.6) is 0 Å². The van der Waals surface area contributed by atoms with Gasteiger partial charge in [0.05, 0.1) is 0 Å². The van der Waals surface area contributed by atoms with Crippen molar-refractivity contribution < 1.29 is 0 Å². The molecule has 0 bridgehead atoms. The molecule has 0 spiro atoms. The van der Waals surface area contributed by atoms with Gasteiger partial charge >= 0.3 is 0 Å². The third-order valence-electron chi connectivity index (χ3n) is 2.96. The second-order valence-corrected chi connectivity index (χ2v) is 5.64. The maximum Gasteiger partial charge on any atom is 0.0194 e. The Kier molecular flexibility index (Phi) is 3.12. The van der Waals surface area contributed by atoms with Crippen molar-refractivity contribution in [1.29, 1.82) is 0 Å². The first-order chi connectivity index (χ1) is 6.68. The molecule has 1 aliphatic heterocycles. The van der Waals surface area contributed by atoms with Crippen LogP contribution in [0.4, 0.5) is 0 Å². The number of hydrogen-bond acceptors (Lipinski definition) is 1. The predicted molar refractivity (Wildman–Crippen MR) is 68.5 cm³/mol. The Morgan fingerprint density at radius 3 is 2.64 bits per heavy atom. The topological polar surface area (TPSA) is 12.0 Å². The summed E-state index contributed by atoms with van der Waals surface area (Å²) in [5.41, 5.74) is 1.79. The van der Waals surface area contributed by atoms with Gasteiger partial charge < -0.3 is 5.32 Å². The van der Waals surface area contributed by atoms with Crippen molar-refractivity contribution in [3.05, 3.63) is 33.4 Å². The third-order valence-corrected chi connectivity index (χ3v) is 3.68. The fourth-order valence-corrected chi connectivity index (χ4v) is 2.52. The zero-order valence-electron chi connectivity index (χ0n) is 8.52. The summed E-state index contributed by atoms with van der Waals surface area (Å²) in [7, 11) is 0. The van der Waals surface area contributed by atoms with Gasteiger partial charge in [0.25, 0.3) is 0 Å². The molecule has 14 heavy (non-hydrogen) atoms. The van der Waals surface area contributed by atoms with Crippen LogP contribution in [0.15, 0.2) is 24.3 Å². The first-order valence-electron chi connectivity index (χ1n) is 5.17. The van der Waals surface area contributed by atoms with Gasteiger partial charge in [0, 0.05) is 9.11 Å². The van der Waals surface area contributed by atoms with Crippen LogP contribution in [0, 0.1) is 3.57 Å². The van der Waals surface area contributed by atoms with Gasteiger partial charge in [-0.05, 0) is 73.0 Å². The molecule has 0 aliphatic carbocycles. The summed E-state index contributed by atoms with van der Waals surface area (Å²) in [6.45, 7) is 3.51. The van der Waals surface area contributed by atoms with E-state index in [1.165, 1.54) is 28.5 Å². The Bertz CT molecular complexity index is 299. The Labute approximate surface area is 99.4 Å². The summed E-state index contributed by atoms with van der Waals surface area (Å²) in [6.07, 6.45) is 3.78. The normalized spacial score (nSPS) is 26.7. The fourth-order valence-electron chi connectivity index (χ4n) is 2.16. The van der Waals surface area contributed by atoms with E-state index in [0.29, 0.717) is 5.54 Å². The maximum absolute atomic E-state index is 3.59. The van der Waals surface area contributed by atoms with Crippen molar-refractivity contribution >= 4 is 22.6 Å². The highest BCUT2D eigenvalue weighted by Crippen LogP contribution is 2.23. The first-order valence-corrected chi connectivity index (χ1v) is 6.25. The van der Waals surface area contributed by atoms with Crippen LogP contribution in [0.25, 0.3) is 0 Å². The highest BCUT2D eigenvalue weighted by atomic mass is 127. The molecule has 1 heterocycles. The van der Waals surface area contributed by atoms with E-state index in [9.17, 15) is 0 Å². The summed E-state index contributed by atoms with van der Waals surface area (Å²) < 4.78 is 1.32. The zero-order valence-corrected chi connectivity index (χ0v) is 10.7. The van der Waals surface area contributed by atoms with Crippen LogP contribution in [0.2, 0.25) is 0 Å². The van der Waals surface area contributed by atoms with Gasteiger partial charge in [-0.15, -0.1) is 0 Å². The molecule has 1 aromatic rings. The van der Waals surface area contributed by atoms with Crippen molar-refractivity contribution in [3.8, 4) is 0 Å². The Morgan fingerprint density at radius 1 is 1.36 bits per heavy atom. The van der Waals surface area contributed by atoms with Crippen LogP contribution < -0.4 is 5.32 Å². The average Bonchev–Trinajstić information content (AvgIpc) is 2.57. The number of rotatable bonds is 2. The molecule has 1 atom stereocenters. The molecule has 0 amide bonds. The van der Waals surface area contributed by atoms with Gasteiger partial charge in [0.15, 0.2) is 0 Å². The largest absolute Gasteiger partial charge is 0.311 e. The average molecular weight is 301 g/mol. The lowest BCUT2D eigenvalue weighted by Gasteiger charge is -2.24. The Morgan fingerprint density at radius 2 is 2.07 bits per heavy atom. The van der Waals surface area contributed by atoms with E-state index in [2.05, 4.69) is 59.1 Å². The minimum absolute atomic E-state index is 0.340. The van der Waals surface area contributed by atoms with E-state index in [0.717, 1.165) is 6.42 Å². The van der Waals surface area contributed by atoms with Crippen molar-refractivity contribution in [2.24, 2.45) is 0 Å². The smallest absolute Gasteiger partial charge is 0.0194 e. The van der Waals surface area contributed by atoms with Gasteiger partial charge in [-0.3, -0.25) is 0 Å². The molecule has 0 aromatic heterocycles. The molecule has 1 nitrogen and oxygen atoms in total. The van der Waals surface area contributed by atoms with Gasteiger partial charge in [-0.25, -0.2) is 0 Å². The summed E-state index contributed by atoms with van der Waals surface area (Å²) >= 11 is 2.35. The molecule has 1 N–H and O–H groups in total. The van der Waals surface area contributed by atoms with E-state index in [4.69, 9.17) is 0 Å². The standard InChI is InChI=1S/C12H16IN/c1-12(7-2-8-14-12)9-10-3-5-11(13)6-4-10/h3-6,14H,2,7-9H2,1H3/t12-/m0/s1. The van der Waals surface area contributed by atoms with Crippen LogP contribution in [0.1, 0.15) is 25.3 Å². The number of nitrogens with one attached hydrogen (secondary N) is 1. The van der Waals surface area contributed by atoms with E-state index >= 15 is 0 Å². The van der Waals surface area contributed by atoms with Gasteiger partial charge in [0.1, 0.15) is 0 Å². The molecular weight excluding hydrogens is 285 g/mol. The lowest BCUT2D eigenvalue weighted by Crippen LogP contribution is -2.38. The Balaban J connectivity index is 2.06. The first kappa shape index (κ1) is 10.4. The quantitative estimate of drug-likeness (QED) is 0.828. The molecule has 1 saturated heterocycles. The summed E-state index contributed by atoms with van der Waals surface area (Å²) in [6, 6.07) is 8.86. The molecule has 2 heteroatoms. The van der Waals surface area contributed by atoms with E-state index in [1.54, 1.807) is 0 Å².